The summed E-state index contributed by atoms with van der Waals surface area (Å²) < 4.78 is 5.77. The molecule has 27 heavy (non-hydrogen) atoms. The van der Waals surface area contributed by atoms with E-state index in [2.05, 4.69) is 15.6 Å². The highest BCUT2D eigenvalue weighted by Gasteiger charge is 2.28. The fraction of sp³-hybridized carbons (Fsp3) is 0.190. The second-order valence-corrected chi connectivity index (χ2v) is 6.36. The van der Waals surface area contributed by atoms with Crippen molar-refractivity contribution < 1.29 is 14.3 Å². The molecule has 3 aromatic rings. The zero-order valence-electron chi connectivity index (χ0n) is 14.6. The Kier molecular flexibility index (Phi) is 4.70. The normalized spacial score (nSPS) is 15.7. The summed E-state index contributed by atoms with van der Waals surface area (Å²) in [5.74, 6) is 0.259. The number of para-hydroxylation sites is 1. The molecule has 0 saturated heterocycles. The van der Waals surface area contributed by atoms with Gasteiger partial charge in [-0.05, 0) is 23.8 Å². The lowest BCUT2D eigenvalue weighted by atomic mass is 9.95. The zero-order chi connectivity index (χ0) is 18.6. The lowest BCUT2D eigenvalue weighted by molar-refractivity contribution is -0.123. The van der Waals surface area contributed by atoms with E-state index in [0.29, 0.717) is 30.9 Å². The molecule has 6 heteroatoms. The summed E-state index contributed by atoms with van der Waals surface area (Å²) >= 11 is 0. The smallest absolute Gasteiger partial charge is 0.252 e. The first kappa shape index (κ1) is 17.0. The number of benzene rings is 2. The summed E-state index contributed by atoms with van der Waals surface area (Å²) in [5, 5.41) is 6.58. The predicted octanol–water partition coefficient (Wildman–Crippen LogP) is 2.08. The van der Waals surface area contributed by atoms with Crippen molar-refractivity contribution in [3.63, 3.8) is 0 Å². The number of carbonyl (C=O) groups is 2. The third-order valence-corrected chi connectivity index (χ3v) is 4.56. The van der Waals surface area contributed by atoms with Crippen LogP contribution in [0.3, 0.4) is 0 Å². The number of rotatable bonds is 5. The molecule has 0 spiro atoms. The Morgan fingerprint density at radius 2 is 2.00 bits per heavy atom. The Hall–Kier alpha value is -3.41. The molecule has 0 saturated carbocycles. The van der Waals surface area contributed by atoms with Crippen LogP contribution in [0.1, 0.15) is 15.9 Å². The molecule has 136 valence electrons. The number of ether oxygens (including phenoxy) is 1. The van der Waals surface area contributed by atoms with Gasteiger partial charge in [-0.2, -0.15) is 0 Å². The van der Waals surface area contributed by atoms with Gasteiger partial charge in [-0.3, -0.25) is 14.6 Å². The molecule has 1 atom stereocenters. The second-order valence-electron chi connectivity index (χ2n) is 6.36. The molecule has 1 unspecified atom stereocenters. The second kappa shape index (κ2) is 7.45. The van der Waals surface area contributed by atoms with Crippen molar-refractivity contribution in [3.05, 3.63) is 71.9 Å². The van der Waals surface area contributed by atoms with E-state index >= 15 is 0 Å². The topological polar surface area (TPSA) is 80.3 Å². The molecule has 1 aromatic heterocycles. The van der Waals surface area contributed by atoms with Crippen LogP contribution >= 0.6 is 0 Å². The van der Waals surface area contributed by atoms with Crippen LogP contribution in [0.5, 0.6) is 5.75 Å². The predicted molar refractivity (Wildman–Crippen MR) is 102 cm³/mol. The van der Waals surface area contributed by atoms with E-state index in [-0.39, 0.29) is 11.8 Å². The summed E-state index contributed by atoms with van der Waals surface area (Å²) in [5.41, 5.74) is 2.32. The van der Waals surface area contributed by atoms with E-state index in [1.807, 2.05) is 48.5 Å². The third-order valence-electron chi connectivity index (χ3n) is 4.56. The van der Waals surface area contributed by atoms with E-state index in [4.69, 9.17) is 4.74 Å². The largest absolute Gasteiger partial charge is 0.489 e. The molecule has 2 amide bonds. The standard InChI is InChI=1S/C21H19N3O3/c25-20-16-8-2-1-5-15(16)13-17(24-20)21(26)23-11-12-27-18-9-3-6-14-7-4-10-22-19(14)18/h1-10,17H,11-13H2,(H,23,26)(H,24,25). The van der Waals surface area contributed by atoms with Gasteiger partial charge in [-0.25, -0.2) is 0 Å². The van der Waals surface area contributed by atoms with Crippen molar-refractivity contribution >= 4 is 22.7 Å². The van der Waals surface area contributed by atoms with Gasteiger partial charge in [-0.15, -0.1) is 0 Å². The van der Waals surface area contributed by atoms with E-state index in [0.717, 1.165) is 16.5 Å². The van der Waals surface area contributed by atoms with Gasteiger partial charge < -0.3 is 15.4 Å². The minimum atomic E-state index is -0.563. The minimum absolute atomic E-state index is 0.211. The van der Waals surface area contributed by atoms with Gasteiger partial charge in [0.05, 0.1) is 6.54 Å². The van der Waals surface area contributed by atoms with Crippen molar-refractivity contribution in [1.82, 2.24) is 15.6 Å². The lowest BCUT2D eigenvalue weighted by Gasteiger charge is -2.24. The fourth-order valence-corrected chi connectivity index (χ4v) is 3.24. The zero-order valence-corrected chi connectivity index (χ0v) is 14.6. The third kappa shape index (κ3) is 3.60. The Morgan fingerprint density at radius 1 is 1.15 bits per heavy atom. The SMILES string of the molecule is O=C1NC(C(=O)NCCOc2cccc3cccnc23)Cc2ccccc21. The van der Waals surface area contributed by atoms with E-state index in [1.165, 1.54) is 0 Å². The van der Waals surface area contributed by atoms with Crippen molar-refractivity contribution in [2.75, 3.05) is 13.2 Å². The molecule has 2 heterocycles. The molecule has 0 bridgehead atoms. The summed E-state index contributed by atoms with van der Waals surface area (Å²) in [6, 6.07) is 16.4. The number of amides is 2. The number of hydrogen-bond acceptors (Lipinski definition) is 4. The van der Waals surface area contributed by atoms with Crippen LogP contribution in [0.4, 0.5) is 0 Å². The van der Waals surface area contributed by atoms with Gasteiger partial charge in [0.1, 0.15) is 23.9 Å². The Balaban J connectivity index is 1.32. The maximum Gasteiger partial charge on any atom is 0.252 e. The van der Waals surface area contributed by atoms with Crippen LogP contribution in [-0.2, 0) is 11.2 Å². The molecule has 1 aliphatic rings. The van der Waals surface area contributed by atoms with Gasteiger partial charge in [-0.1, -0.05) is 36.4 Å². The molecular weight excluding hydrogens is 342 g/mol. The van der Waals surface area contributed by atoms with Gasteiger partial charge in [0, 0.05) is 23.6 Å². The molecule has 2 N–H and O–H groups in total. The van der Waals surface area contributed by atoms with Crippen molar-refractivity contribution in [2.24, 2.45) is 0 Å². The molecule has 1 aliphatic heterocycles. The number of hydrogen-bond donors (Lipinski definition) is 2. The number of fused-ring (bicyclic) bond motifs is 2. The van der Waals surface area contributed by atoms with Crippen LogP contribution < -0.4 is 15.4 Å². The number of nitrogens with one attached hydrogen (secondary N) is 2. The highest BCUT2D eigenvalue weighted by molar-refractivity contribution is 6.00. The van der Waals surface area contributed by atoms with Crippen molar-refractivity contribution in [2.45, 2.75) is 12.5 Å². The van der Waals surface area contributed by atoms with Crippen molar-refractivity contribution in [1.29, 1.82) is 0 Å². The van der Waals surface area contributed by atoms with Crippen LogP contribution in [-0.4, -0.2) is 36.0 Å². The van der Waals surface area contributed by atoms with Crippen LogP contribution in [0.25, 0.3) is 10.9 Å². The quantitative estimate of drug-likeness (QED) is 0.682. The molecular formula is C21H19N3O3. The minimum Gasteiger partial charge on any atom is -0.489 e. The number of aromatic nitrogens is 1. The van der Waals surface area contributed by atoms with Gasteiger partial charge in [0.2, 0.25) is 5.91 Å². The fourth-order valence-electron chi connectivity index (χ4n) is 3.24. The maximum absolute atomic E-state index is 12.4. The lowest BCUT2D eigenvalue weighted by Crippen LogP contribution is -2.51. The first-order valence-corrected chi connectivity index (χ1v) is 8.85. The molecule has 0 aliphatic carbocycles. The molecule has 0 radical (unpaired) electrons. The maximum atomic E-state index is 12.4. The monoisotopic (exact) mass is 361 g/mol. The highest BCUT2D eigenvalue weighted by atomic mass is 16.5. The van der Waals surface area contributed by atoms with E-state index < -0.39 is 6.04 Å². The van der Waals surface area contributed by atoms with Crippen molar-refractivity contribution in [3.8, 4) is 5.75 Å². The molecule has 0 fully saturated rings. The number of pyridine rings is 1. The van der Waals surface area contributed by atoms with E-state index in [1.54, 1.807) is 12.3 Å². The Morgan fingerprint density at radius 3 is 2.93 bits per heavy atom. The summed E-state index contributed by atoms with van der Waals surface area (Å²) in [4.78, 5) is 28.8. The van der Waals surface area contributed by atoms with Crippen LogP contribution in [0.15, 0.2) is 60.8 Å². The summed E-state index contributed by atoms with van der Waals surface area (Å²) in [6.45, 7) is 0.661. The first-order chi connectivity index (χ1) is 13.2. The molecule has 4 rings (SSSR count). The van der Waals surface area contributed by atoms with Crippen LogP contribution in [0, 0.1) is 0 Å². The summed E-state index contributed by atoms with van der Waals surface area (Å²) in [6.07, 6.45) is 2.21. The molecule has 2 aromatic carbocycles. The van der Waals surface area contributed by atoms with Gasteiger partial charge in [0.25, 0.3) is 5.91 Å². The Labute approximate surface area is 156 Å². The summed E-state index contributed by atoms with van der Waals surface area (Å²) in [7, 11) is 0. The first-order valence-electron chi connectivity index (χ1n) is 8.85. The number of carbonyl (C=O) groups excluding carboxylic acids is 2. The Bertz CT molecular complexity index is 997. The van der Waals surface area contributed by atoms with Gasteiger partial charge >= 0.3 is 0 Å². The average Bonchev–Trinajstić information content (AvgIpc) is 2.71. The number of nitrogens with zero attached hydrogens (tertiary/aromatic N) is 1. The van der Waals surface area contributed by atoms with E-state index in [9.17, 15) is 9.59 Å². The van der Waals surface area contributed by atoms with Gasteiger partial charge in [0.15, 0.2) is 0 Å². The van der Waals surface area contributed by atoms with Crippen LogP contribution in [0.2, 0.25) is 0 Å². The average molecular weight is 361 g/mol. The molecule has 6 nitrogen and oxygen atoms in total. The highest BCUT2D eigenvalue weighted by Crippen LogP contribution is 2.22.